The summed E-state index contributed by atoms with van der Waals surface area (Å²) >= 11 is 6.69. The van der Waals surface area contributed by atoms with Gasteiger partial charge in [-0.3, -0.25) is 19.2 Å². The Hall–Kier alpha value is -4.00. The summed E-state index contributed by atoms with van der Waals surface area (Å²) in [5, 5.41) is 40.1. The molecule has 61 heavy (non-hydrogen) atoms. The third-order valence-corrected chi connectivity index (χ3v) is 15.6. The smallest absolute Gasteiger partial charge is 0.338 e. The Labute approximate surface area is 370 Å². The van der Waals surface area contributed by atoms with E-state index in [0.29, 0.717) is 5.56 Å². The molecule has 17 heteroatoms. The first-order valence-corrected chi connectivity index (χ1v) is 21.8. The van der Waals surface area contributed by atoms with Crippen LogP contribution in [-0.4, -0.2) is 115 Å². The maximum Gasteiger partial charge on any atom is 0.338 e. The van der Waals surface area contributed by atoms with Crippen LogP contribution in [0.3, 0.4) is 0 Å². The molecule has 3 fully saturated rings. The van der Waals surface area contributed by atoms with Crippen LogP contribution in [0.5, 0.6) is 0 Å². The number of ether oxygens (including phenoxy) is 5. The molecular formula is C44H51Br2NO14. The van der Waals surface area contributed by atoms with Crippen LogP contribution in [0.2, 0.25) is 0 Å². The number of hydrogen-bond donors (Lipinski definition) is 4. The van der Waals surface area contributed by atoms with Gasteiger partial charge in [-0.25, -0.2) is 9.59 Å². The molecule has 0 aromatic heterocycles. The third-order valence-electron chi connectivity index (χ3n) is 13.1. The van der Waals surface area contributed by atoms with E-state index in [2.05, 4.69) is 37.2 Å². The molecule has 1 aliphatic heterocycles. The van der Waals surface area contributed by atoms with E-state index < -0.39 is 117 Å². The Morgan fingerprint density at radius 3 is 2.07 bits per heavy atom. The van der Waals surface area contributed by atoms with Gasteiger partial charge in [0, 0.05) is 36.9 Å². The molecule has 1 amide bonds. The quantitative estimate of drug-likeness (QED) is 0.108. The van der Waals surface area contributed by atoms with Crippen molar-refractivity contribution in [3.05, 3.63) is 82.9 Å². The van der Waals surface area contributed by atoms with E-state index in [-0.39, 0.29) is 34.6 Å². The van der Waals surface area contributed by atoms with E-state index in [1.54, 1.807) is 69.3 Å². The van der Waals surface area contributed by atoms with Crippen molar-refractivity contribution in [2.75, 3.05) is 6.61 Å². The van der Waals surface area contributed by atoms with Gasteiger partial charge >= 0.3 is 23.9 Å². The number of fused-ring (bicyclic) bond motifs is 5. The first-order valence-electron chi connectivity index (χ1n) is 19.9. The molecular weight excluding hydrogens is 926 g/mol. The van der Waals surface area contributed by atoms with Crippen LogP contribution in [0.4, 0.5) is 0 Å². The number of benzene rings is 2. The molecule has 0 radical (unpaired) electrons. The lowest BCUT2D eigenvalue weighted by atomic mass is 9.44. The fourth-order valence-electron chi connectivity index (χ4n) is 9.81. The summed E-state index contributed by atoms with van der Waals surface area (Å²) in [6.45, 7) is 9.70. The number of nitrogens with one attached hydrogen (secondary N) is 1. The predicted molar refractivity (Wildman–Crippen MR) is 223 cm³/mol. The second kappa shape index (κ2) is 17.3. The zero-order chi connectivity index (χ0) is 45.0. The molecule has 2 bridgehead atoms. The SMILES string of the molecule is CC(=O)O[C@H]1C(=O)[C@@]2(C)C(C(OC(=O)c3ccccc3)[C@]3(O)C[C@H](OC(=O)[C@H](O)[C@@H](NC(=O)[C@H](Br)[C@@H](C)Br)c4ccccc4)C(C)=C1C3(C)C)[C@]1(OC(C)=O)CO[C@@H]1C[C@@H]2O. The largest absolute Gasteiger partial charge is 0.456 e. The van der Waals surface area contributed by atoms with E-state index >= 15 is 4.79 Å². The molecule has 2 saturated carbocycles. The van der Waals surface area contributed by atoms with E-state index in [0.717, 1.165) is 13.8 Å². The summed E-state index contributed by atoms with van der Waals surface area (Å²) in [4.78, 5) is 82.1. The second-order valence-electron chi connectivity index (χ2n) is 17.1. The van der Waals surface area contributed by atoms with Gasteiger partial charge in [-0.15, -0.1) is 0 Å². The van der Waals surface area contributed by atoms with E-state index in [1.165, 1.54) is 26.0 Å². The Bertz CT molecular complexity index is 2100. The minimum Gasteiger partial charge on any atom is -0.456 e. The molecule has 1 heterocycles. The number of carbonyl (C=O) groups excluding carboxylic acids is 6. The maximum atomic E-state index is 15.5. The summed E-state index contributed by atoms with van der Waals surface area (Å²) in [5.41, 5.74) is -7.27. The van der Waals surface area contributed by atoms with Crippen LogP contribution in [0.25, 0.3) is 0 Å². The topological polar surface area (TPSA) is 221 Å². The Balaban J connectivity index is 1.54. The number of ketones is 1. The van der Waals surface area contributed by atoms with Gasteiger partial charge in [-0.05, 0) is 42.7 Å². The van der Waals surface area contributed by atoms with Crippen molar-refractivity contribution in [3.8, 4) is 0 Å². The van der Waals surface area contributed by atoms with Crippen molar-refractivity contribution in [1.82, 2.24) is 5.32 Å². The number of rotatable bonds is 11. The van der Waals surface area contributed by atoms with E-state index in [1.807, 2.05) is 0 Å². The molecule has 15 nitrogen and oxygen atoms in total. The van der Waals surface area contributed by atoms with Gasteiger partial charge in [0.1, 0.15) is 28.7 Å². The van der Waals surface area contributed by atoms with Crippen LogP contribution < -0.4 is 5.32 Å². The maximum absolute atomic E-state index is 15.5. The van der Waals surface area contributed by atoms with Crippen LogP contribution in [-0.2, 0) is 47.7 Å². The standard InChI is InChI=1S/C44H51Br2NO14/c1-21-27(59-40(55)33(51)32(25-14-10-8-11-15-25)47-38(53)31(46)22(2)45)19-44(56)37(60-39(54)26-16-12-9-13-17-26)35-42(7,28(50)18-29-43(35,20-57-29)61-24(4)49)36(52)34(58-23(3)48)30(21)41(44,5)6/h8-17,22,27-29,31-35,37,50-51,56H,18-20H2,1-7H3,(H,47,53)/t22-,27+,28+,29-,31-,32+,33-,34-,35?,37?,42-,43+,44-/m1/s1. The fraction of sp³-hybridized carbons (Fsp3) is 0.545. The first kappa shape index (κ1) is 46.5. The lowest BCUT2D eigenvalue weighted by Gasteiger charge is -2.67. The second-order valence-corrected chi connectivity index (χ2v) is 19.5. The monoisotopic (exact) mass is 975 g/mol. The number of hydrogen-bond acceptors (Lipinski definition) is 14. The number of aliphatic hydroxyl groups excluding tert-OH is 2. The molecule has 2 aromatic rings. The zero-order valence-corrected chi connectivity index (χ0v) is 37.9. The fourth-order valence-corrected chi connectivity index (χ4v) is 10.2. The highest BCUT2D eigenvalue weighted by molar-refractivity contribution is 9.12. The average Bonchev–Trinajstić information content (AvgIpc) is 3.20. The highest BCUT2D eigenvalue weighted by Crippen LogP contribution is 2.64. The number of carbonyl (C=O) groups is 6. The van der Waals surface area contributed by atoms with Gasteiger partial charge < -0.3 is 44.3 Å². The molecule has 1 saturated heterocycles. The highest BCUT2D eigenvalue weighted by atomic mass is 79.9. The molecule has 2 unspecified atom stereocenters. The van der Waals surface area contributed by atoms with Gasteiger partial charge in [-0.2, -0.15) is 0 Å². The molecule has 0 spiro atoms. The molecule has 4 N–H and O–H groups in total. The summed E-state index contributed by atoms with van der Waals surface area (Å²) in [5.74, 6) is -6.80. The summed E-state index contributed by atoms with van der Waals surface area (Å²) < 4.78 is 30.2. The summed E-state index contributed by atoms with van der Waals surface area (Å²) in [6.07, 6.45) is -10.5. The number of halogens is 2. The van der Waals surface area contributed by atoms with Gasteiger partial charge in [0.05, 0.1) is 35.6 Å². The van der Waals surface area contributed by atoms with E-state index in [4.69, 9.17) is 23.7 Å². The van der Waals surface area contributed by atoms with Crippen LogP contribution in [0, 0.1) is 16.7 Å². The van der Waals surface area contributed by atoms with Crippen molar-refractivity contribution >= 4 is 67.4 Å². The van der Waals surface area contributed by atoms with E-state index in [9.17, 15) is 39.3 Å². The molecule has 6 rings (SSSR count). The number of amides is 1. The predicted octanol–water partition coefficient (Wildman–Crippen LogP) is 3.97. The van der Waals surface area contributed by atoms with Crippen LogP contribution in [0.1, 0.15) is 83.3 Å². The van der Waals surface area contributed by atoms with Crippen LogP contribution in [0.15, 0.2) is 71.8 Å². The van der Waals surface area contributed by atoms with Crippen molar-refractivity contribution in [3.63, 3.8) is 0 Å². The first-order chi connectivity index (χ1) is 28.5. The number of Topliss-reactive ketones (excluding diaryl/α,β-unsaturated/α-hetero) is 1. The zero-order valence-electron chi connectivity index (χ0n) is 34.8. The van der Waals surface area contributed by atoms with Gasteiger partial charge in [0.25, 0.3) is 0 Å². The Morgan fingerprint density at radius 1 is 0.918 bits per heavy atom. The minimum atomic E-state index is -2.39. The molecule has 13 atom stereocenters. The molecule has 3 aliphatic carbocycles. The molecule has 2 aromatic carbocycles. The Morgan fingerprint density at radius 2 is 1.52 bits per heavy atom. The summed E-state index contributed by atoms with van der Waals surface area (Å²) in [7, 11) is 0. The number of aliphatic hydroxyl groups is 3. The molecule has 330 valence electrons. The molecule has 4 aliphatic rings. The van der Waals surface area contributed by atoms with Crippen molar-refractivity contribution < 1.29 is 67.8 Å². The van der Waals surface area contributed by atoms with Gasteiger partial charge in [0.15, 0.2) is 23.6 Å². The normalized spacial score (nSPS) is 33.3. The highest BCUT2D eigenvalue weighted by Gasteiger charge is 2.78. The Kier molecular flexibility index (Phi) is 13.2. The van der Waals surface area contributed by atoms with Gasteiger partial charge in [0.2, 0.25) is 5.91 Å². The van der Waals surface area contributed by atoms with Crippen molar-refractivity contribution in [1.29, 1.82) is 0 Å². The summed E-state index contributed by atoms with van der Waals surface area (Å²) in [6, 6.07) is 14.8. The third kappa shape index (κ3) is 7.99. The van der Waals surface area contributed by atoms with Crippen LogP contribution >= 0.6 is 31.9 Å². The lowest BCUT2D eigenvalue weighted by molar-refractivity contribution is -0.346. The van der Waals surface area contributed by atoms with Crippen molar-refractivity contribution in [2.24, 2.45) is 16.7 Å². The minimum absolute atomic E-state index is 0.00348. The average molecular weight is 978 g/mol. The van der Waals surface area contributed by atoms with Crippen molar-refractivity contribution in [2.45, 2.75) is 125 Å². The lowest BCUT2D eigenvalue weighted by Crippen LogP contribution is -2.82. The number of esters is 4. The number of alkyl halides is 2. The van der Waals surface area contributed by atoms with Gasteiger partial charge in [-0.1, -0.05) is 101 Å².